The van der Waals surface area contributed by atoms with Gasteiger partial charge in [-0.1, -0.05) is 23.9 Å². The number of benzene rings is 1. The van der Waals surface area contributed by atoms with Crippen molar-refractivity contribution in [2.24, 2.45) is 0 Å². The maximum absolute atomic E-state index is 10.9. The van der Waals surface area contributed by atoms with Crippen molar-refractivity contribution in [3.05, 3.63) is 45.5 Å². The Morgan fingerprint density at radius 3 is 2.89 bits per heavy atom. The number of allylic oxidation sites excluding steroid dienone is 1. The van der Waals surface area contributed by atoms with E-state index in [2.05, 4.69) is 0 Å². The Labute approximate surface area is 115 Å². The van der Waals surface area contributed by atoms with E-state index in [1.54, 1.807) is 18.2 Å². The minimum absolute atomic E-state index is 0.0535. The van der Waals surface area contributed by atoms with Crippen LogP contribution in [-0.2, 0) is 4.79 Å². The lowest BCUT2D eigenvalue weighted by atomic mass is 10.1. The summed E-state index contributed by atoms with van der Waals surface area (Å²) in [5.41, 5.74) is 0.627. The van der Waals surface area contributed by atoms with E-state index in [-0.39, 0.29) is 16.4 Å². The summed E-state index contributed by atoms with van der Waals surface area (Å²) in [6.45, 7) is 1.50. The molecule has 0 atom stereocenters. The summed E-state index contributed by atoms with van der Waals surface area (Å²) in [7, 11) is 0. The average molecular weight is 276 g/mol. The summed E-state index contributed by atoms with van der Waals surface area (Å²) < 4.78 is 0. The zero-order valence-electron chi connectivity index (χ0n) is 10.3. The lowest BCUT2D eigenvalue weighted by molar-refractivity contribution is -0.385. The van der Waals surface area contributed by atoms with Gasteiger partial charge in [0.15, 0.2) is 5.12 Å². The van der Waals surface area contributed by atoms with E-state index < -0.39 is 4.92 Å². The average Bonchev–Trinajstić information content (AvgIpc) is 2.38. The fourth-order valence-corrected chi connectivity index (χ4v) is 1.93. The van der Waals surface area contributed by atoms with E-state index >= 15 is 0 Å². The van der Waals surface area contributed by atoms with E-state index in [1.165, 1.54) is 30.8 Å². The van der Waals surface area contributed by atoms with E-state index in [0.29, 0.717) is 17.7 Å². The Hall–Kier alpha value is -2.13. The minimum Gasteiger partial charge on any atom is -0.288 e. The molecule has 0 radical (unpaired) electrons. The zero-order valence-corrected chi connectivity index (χ0v) is 11.1. The van der Waals surface area contributed by atoms with Crippen LogP contribution in [0.2, 0.25) is 0 Å². The van der Waals surface area contributed by atoms with Gasteiger partial charge in [0, 0.05) is 18.7 Å². The first-order valence-corrected chi connectivity index (χ1v) is 6.51. The monoisotopic (exact) mass is 276 g/mol. The highest BCUT2D eigenvalue weighted by atomic mass is 32.2. The molecule has 0 saturated heterocycles. The Morgan fingerprint density at radius 1 is 1.58 bits per heavy atom. The predicted octanol–water partition coefficient (Wildman–Crippen LogP) is 3.15. The molecule has 0 heterocycles. The summed E-state index contributed by atoms with van der Waals surface area (Å²) in [5.74, 6) is 0.649. The SMILES string of the molecule is CC(=O)SCCC=Cc1ccc(C#N)cc1[N+](=O)[O-]. The Morgan fingerprint density at radius 2 is 2.32 bits per heavy atom. The van der Waals surface area contributed by atoms with E-state index in [9.17, 15) is 14.9 Å². The number of hydrogen-bond donors (Lipinski definition) is 0. The highest BCUT2D eigenvalue weighted by Gasteiger charge is 2.12. The van der Waals surface area contributed by atoms with E-state index in [1.807, 2.05) is 6.07 Å². The number of hydrogen-bond acceptors (Lipinski definition) is 5. The van der Waals surface area contributed by atoms with Gasteiger partial charge in [-0.15, -0.1) is 0 Å². The van der Waals surface area contributed by atoms with Crippen molar-refractivity contribution < 1.29 is 9.72 Å². The van der Waals surface area contributed by atoms with Crippen molar-refractivity contribution >= 4 is 28.6 Å². The van der Waals surface area contributed by atoms with Gasteiger partial charge in [-0.25, -0.2) is 0 Å². The van der Waals surface area contributed by atoms with Gasteiger partial charge in [0.25, 0.3) is 5.69 Å². The van der Waals surface area contributed by atoms with Crippen LogP contribution in [0.5, 0.6) is 0 Å². The van der Waals surface area contributed by atoms with Crippen LogP contribution in [0.3, 0.4) is 0 Å². The first-order valence-electron chi connectivity index (χ1n) is 5.53. The van der Waals surface area contributed by atoms with Crippen molar-refractivity contribution in [1.29, 1.82) is 5.26 Å². The molecule has 0 aliphatic rings. The predicted molar refractivity (Wildman–Crippen MR) is 74.6 cm³/mol. The third-order valence-electron chi connectivity index (χ3n) is 2.24. The number of carbonyl (C=O) groups excluding carboxylic acids is 1. The Balaban J connectivity index is 2.78. The second kappa shape index (κ2) is 7.34. The van der Waals surface area contributed by atoms with Gasteiger partial charge in [0.05, 0.1) is 22.1 Å². The van der Waals surface area contributed by atoms with Gasteiger partial charge in [0.1, 0.15) is 0 Å². The highest BCUT2D eigenvalue weighted by molar-refractivity contribution is 8.13. The number of nitrogens with zero attached hydrogens (tertiary/aromatic N) is 2. The van der Waals surface area contributed by atoms with Gasteiger partial charge in [-0.3, -0.25) is 14.9 Å². The zero-order chi connectivity index (χ0) is 14.3. The molecule has 0 bridgehead atoms. The summed E-state index contributed by atoms with van der Waals surface area (Å²) in [4.78, 5) is 21.1. The van der Waals surface area contributed by atoms with Crippen LogP contribution in [-0.4, -0.2) is 15.8 Å². The fourth-order valence-electron chi connectivity index (χ4n) is 1.39. The third kappa shape index (κ3) is 4.94. The quantitative estimate of drug-likeness (QED) is 0.468. The maximum atomic E-state index is 10.9. The van der Waals surface area contributed by atoms with Crippen molar-refractivity contribution in [2.45, 2.75) is 13.3 Å². The molecule has 0 amide bonds. The normalized spacial score (nSPS) is 10.3. The molecule has 0 aliphatic carbocycles. The molecule has 98 valence electrons. The summed E-state index contributed by atoms with van der Waals surface area (Å²) in [5, 5.41) is 19.6. The van der Waals surface area contributed by atoms with Crippen LogP contribution in [0.15, 0.2) is 24.3 Å². The van der Waals surface area contributed by atoms with Crippen LogP contribution in [0.4, 0.5) is 5.69 Å². The molecule has 5 nitrogen and oxygen atoms in total. The molecular formula is C13H12N2O3S. The summed E-state index contributed by atoms with van der Waals surface area (Å²) in [6, 6.07) is 6.21. The lowest BCUT2D eigenvalue weighted by Crippen LogP contribution is -1.92. The molecule has 0 aromatic heterocycles. The van der Waals surface area contributed by atoms with Crippen molar-refractivity contribution in [1.82, 2.24) is 0 Å². The minimum atomic E-state index is -0.509. The second-order valence-corrected chi connectivity index (χ2v) is 4.95. The molecule has 19 heavy (non-hydrogen) atoms. The highest BCUT2D eigenvalue weighted by Crippen LogP contribution is 2.21. The summed E-state index contributed by atoms with van der Waals surface area (Å²) in [6.07, 6.45) is 4.08. The first kappa shape index (κ1) is 14.9. The molecule has 0 aliphatic heterocycles. The van der Waals surface area contributed by atoms with Crippen LogP contribution in [0.1, 0.15) is 24.5 Å². The Bertz CT molecular complexity index is 561. The Kier molecular flexibility index (Phi) is 5.76. The largest absolute Gasteiger partial charge is 0.288 e. The third-order valence-corrected chi connectivity index (χ3v) is 3.09. The maximum Gasteiger partial charge on any atom is 0.277 e. The van der Waals surface area contributed by atoms with Gasteiger partial charge in [-0.2, -0.15) is 5.26 Å². The summed E-state index contributed by atoms with van der Waals surface area (Å²) >= 11 is 1.22. The molecule has 0 fully saturated rings. The van der Waals surface area contributed by atoms with Crippen molar-refractivity contribution in [3.63, 3.8) is 0 Å². The molecule has 1 aromatic rings. The molecule has 0 unspecified atom stereocenters. The number of rotatable bonds is 5. The van der Waals surface area contributed by atoms with Gasteiger partial charge >= 0.3 is 0 Å². The molecule has 6 heteroatoms. The number of thioether (sulfide) groups is 1. The number of carbonyl (C=O) groups is 1. The molecule has 0 spiro atoms. The van der Waals surface area contributed by atoms with Gasteiger partial charge in [-0.05, 0) is 18.6 Å². The van der Waals surface area contributed by atoms with E-state index in [0.717, 1.165) is 0 Å². The molecule has 1 aromatic carbocycles. The van der Waals surface area contributed by atoms with Crippen molar-refractivity contribution in [2.75, 3.05) is 5.75 Å². The smallest absolute Gasteiger partial charge is 0.277 e. The first-order chi connectivity index (χ1) is 9.04. The number of nitriles is 1. The van der Waals surface area contributed by atoms with Crippen LogP contribution >= 0.6 is 11.8 Å². The molecule has 0 saturated carbocycles. The second-order valence-electron chi connectivity index (χ2n) is 3.67. The van der Waals surface area contributed by atoms with Crippen LogP contribution < -0.4 is 0 Å². The standard InChI is InChI=1S/C13H12N2O3S/c1-10(16)19-7-3-2-4-12-6-5-11(9-14)8-13(12)15(17)18/h2,4-6,8H,3,7H2,1H3. The number of nitro groups is 1. The lowest BCUT2D eigenvalue weighted by Gasteiger charge is -1.98. The van der Waals surface area contributed by atoms with Crippen LogP contribution in [0, 0.1) is 21.4 Å². The van der Waals surface area contributed by atoms with Gasteiger partial charge < -0.3 is 0 Å². The van der Waals surface area contributed by atoms with Crippen molar-refractivity contribution in [3.8, 4) is 6.07 Å². The topological polar surface area (TPSA) is 84.0 Å². The van der Waals surface area contributed by atoms with Crippen LogP contribution in [0.25, 0.3) is 6.08 Å². The molecule has 1 rings (SSSR count). The fraction of sp³-hybridized carbons (Fsp3) is 0.231. The molecular weight excluding hydrogens is 264 g/mol. The van der Waals surface area contributed by atoms with Gasteiger partial charge in [0.2, 0.25) is 0 Å². The number of nitro benzene ring substituents is 1. The van der Waals surface area contributed by atoms with E-state index in [4.69, 9.17) is 5.26 Å². The molecule has 0 N–H and O–H groups in total.